The molecule has 0 saturated carbocycles. The number of hydrogen-bond acceptors (Lipinski definition) is 5. The molecule has 2 atom stereocenters. The van der Waals surface area contributed by atoms with Gasteiger partial charge in [-0.1, -0.05) is 30.1 Å². The summed E-state index contributed by atoms with van der Waals surface area (Å²) in [4.78, 5) is 32.4. The maximum absolute atomic E-state index is 13.3. The maximum Gasteiger partial charge on any atom is 0.268 e. The third-order valence-electron chi connectivity index (χ3n) is 5.24. The van der Waals surface area contributed by atoms with E-state index in [4.69, 9.17) is 27.9 Å². The minimum Gasteiger partial charge on any atom is -0.478 e. The van der Waals surface area contributed by atoms with E-state index in [-0.39, 0.29) is 11.8 Å². The number of nitrogens with one attached hydrogen (secondary N) is 1. The fourth-order valence-corrected chi connectivity index (χ4v) is 4.50. The molecule has 3 aromatic rings. The molecule has 1 aliphatic heterocycles. The van der Waals surface area contributed by atoms with Crippen molar-refractivity contribution in [1.29, 1.82) is 0 Å². The van der Waals surface area contributed by atoms with Gasteiger partial charge < -0.3 is 10.1 Å². The third-order valence-corrected chi connectivity index (χ3v) is 6.58. The van der Waals surface area contributed by atoms with Crippen molar-refractivity contribution in [2.24, 2.45) is 0 Å². The van der Waals surface area contributed by atoms with Gasteiger partial charge in [0.15, 0.2) is 6.10 Å². The fourth-order valence-electron chi connectivity index (χ4n) is 3.54. The number of anilines is 2. The molecule has 1 N–H and O–H groups in total. The lowest BCUT2D eigenvalue weighted by atomic mass is 10.0. The predicted molar refractivity (Wildman–Crippen MR) is 129 cm³/mol. The van der Waals surface area contributed by atoms with Crippen molar-refractivity contribution >= 4 is 57.7 Å². The number of rotatable bonds is 5. The Labute approximate surface area is 200 Å². The molecule has 166 valence electrons. The Morgan fingerprint density at radius 1 is 1.28 bits per heavy atom. The quantitative estimate of drug-likeness (QED) is 0.479. The van der Waals surface area contributed by atoms with Crippen molar-refractivity contribution in [1.82, 2.24) is 4.98 Å². The van der Waals surface area contributed by atoms with Crippen molar-refractivity contribution in [3.8, 4) is 17.0 Å². The van der Waals surface area contributed by atoms with Crippen LogP contribution in [0.5, 0.6) is 5.75 Å². The number of thiazole rings is 1. The Balaban J connectivity index is 1.70. The summed E-state index contributed by atoms with van der Waals surface area (Å²) in [6.45, 7) is 5.48. The van der Waals surface area contributed by atoms with Gasteiger partial charge >= 0.3 is 0 Å². The van der Waals surface area contributed by atoms with E-state index < -0.39 is 12.1 Å². The van der Waals surface area contributed by atoms with Crippen molar-refractivity contribution in [3.63, 3.8) is 0 Å². The zero-order valence-corrected chi connectivity index (χ0v) is 20.0. The Hall–Kier alpha value is -2.61. The zero-order chi connectivity index (χ0) is 23.0. The summed E-state index contributed by atoms with van der Waals surface area (Å²) in [5.74, 6) is -0.112. The van der Waals surface area contributed by atoms with Crippen molar-refractivity contribution < 1.29 is 14.3 Å². The van der Waals surface area contributed by atoms with Crippen LogP contribution in [0, 0.1) is 6.92 Å². The van der Waals surface area contributed by atoms with Gasteiger partial charge in [0.1, 0.15) is 11.8 Å². The average Bonchev–Trinajstić information content (AvgIpc) is 3.21. The standard InChI is InChI=1S/C23H21Cl2N3O3S/c1-4-20-23(30)28(12(2)22(29)27-17-10-15(24)6-7-16(17)25)19-9-14(5-8-21(19)31-20)18-11-32-13(3)26-18/h5-12,20H,4H2,1-3H3,(H,27,29). The monoisotopic (exact) mass is 489 g/mol. The number of benzene rings is 2. The number of ether oxygens (including phenoxy) is 1. The van der Waals surface area contributed by atoms with Crippen LogP contribution in [-0.2, 0) is 9.59 Å². The Bertz CT molecular complexity index is 1200. The number of nitrogens with zero attached hydrogens (tertiary/aromatic N) is 2. The van der Waals surface area contributed by atoms with Crippen LogP contribution in [-0.4, -0.2) is 28.9 Å². The van der Waals surface area contributed by atoms with Crippen LogP contribution in [0.4, 0.5) is 11.4 Å². The van der Waals surface area contributed by atoms with Gasteiger partial charge in [-0.2, -0.15) is 0 Å². The number of halogens is 2. The SMILES string of the molecule is CCC1Oc2ccc(-c3csc(C)n3)cc2N(C(C)C(=O)Nc2cc(Cl)ccc2Cl)C1=O. The van der Waals surface area contributed by atoms with Gasteiger partial charge in [0.2, 0.25) is 5.91 Å². The van der Waals surface area contributed by atoms with Crippen LogP contribution in [0.1, 0.15) is 25.3 Å². The van der Waals surface area contributed by atoms with E-state index in [1.54, 1.807) is 36.5 Å². The Morgan fingerprint density at radius 3 is 2.75 bits per heavy atom. The lowest BCUT2D eigenvalue weighted by Gasteiger charge is -2.37. The molecule has 0 radical (unpaired) electrons. The molecule has 1 aromatic heterocycles. The van der Waals surface area contributed by atoms with E-state index in [0.29, 0.717) is 33.6 Å². The Kier molecular flexibility index (Phi) is 6.42. The molecule has 4 rings (SSSR count). The molecule has 6 nitrogen and oxygen atoms in total. The molecule has 0 saturated heterocycles. The molecule has 32 heavy (non-hydrogen) atoms. The van der Waals surface area contributed by atoms with E-state index in [9.17, 15) is 9.59 Å². The Morgan fingerprint density at radius 2 is 2.06 bits per heavy atom. The summed E-state index contributed by atoms with van der Waals surface area (Å²) in [5.41, 5.74) is 2.57. The van der Waals surface area contributed by atoms with E-state index in [1.807, 2.05) is 37.4 Å². The molecule has 1 aliphatic rings. The number of fused-ring (bicyclic) bond motifs is 1. The number of hydrogen-bond donors (Lipinski definition) is 1. The van der Waals surface area contributed by atoms with Crippen LogP contribution in [0.15, 0.2) is 41.8 Å². The lowest BCUT2D eigenvalue weighted by Crippen LogP contribution is -2.53. The summed E-state index contributed by atoms with van der Waals surface area (Å²) < 4.78 is 5.92. The zero-order valence-electron chi connectivity index (χ0n) is 17.7. The van der Waals surface area contributed by atoms with Crippen LogP contribution < -0.4 is 15.0 Å². The molecule has 9 heteroatoms. The summed E-state index contributed by atoms with van der Waals surface area (Å²) in [6.07, 6.45) is -0.184. The number of carbonyl (C=O) groups excluding carboxylic acids is 2. The van der Waals surface area contributed by atoms with Gasteiger partial charge in [-0.05, 0) is 56.7 Å². The highest BCUT2D eigenvalue weighted by molar-refractivity contribution is 7.09. The van der Waals surface area contributed by atoms with Gasteiger partial charge in [0.05, 0.1) is 27.1 Å². The normalized spacial score (nSPS) is 16.3. The van der Waals surface area contributed by atoms with Gasteiger partial charge in [0, 0.05) is 16.0 Å². The number of aromatic nitrogens is 1. The van der Waals surface area contributed by atoms with E-state index >= 15 is 0 Å². The highest BCUT2D eigenvalue weighted by Gasteiger charge is 2.38. The molecule has 2 unspecified atom stereocenters. The van der Waals surface area contributed by atoms with Crippen molar-refractivity contribution in [2.45, 2.75) is 39.3 Å². The predicted octanol–water partition coefficient (Wildman–Crippen LogP) is 5.96. The first-order chi connectivity index (χ1) is 15.3. The molecule has 0 aliphatic carbocycles. The molecule has 0 bridgehead atoms. The molecule has 0 spiro atoms. The minimum atomic E-state index is -0.818. The van der Waals surface area contributed by atoms with Crippen LogP contribution >= 0.6 is 34.5 Å². The molecule has 2 amide bonds. The van der Waals surface area contributed by atoms with Crippen LogP contribution in [0.25, 0.3) is 11.3 Å². The number of aryl methyl sites for hydroxylation is 1. The number of amides is 2. The van der Waals surface area contributed by atoms with Crippen molar-refractivity contribution in [3.05, 3.63) is 56.8 Å². The molecular formula is C23H21Cl2N3O3S. The second kappa shape index (κ2) is 9.10. The highest BCUT2D eigenvalue weighted by Crippen LogP contribution is 2.39. The van der Waals surface area contributed by atoms with Crippen molar-refractivity contribution in [2.75, 3.05) is 10.2 Å². The summed E-state index contributed by atoms with van der Waals surface area (Å²) >= 11 is 13.8. The van der Waals surface area contributed by atoms with Gasteiger partial charge in [0.25, 0.3) is 5.91 Å². The fraction of sp³-hybridized carbons (Fsp3) is 0.261. The maximum atomic E-state index is 13.3. The van der Waals surface area contributed by atoms with Gasteiger partial charge in [-0.15, -0.1) is 11.3 Å². The van der Waals surface area contributed by atoms with Crippen LogP contribution in [0.2, 0.25) is 10.0 Å². The van der Waals surface area contributed by atoms with E-state index in [2.05, 4.69) is 10.3 Å². The highest BCUT2D eigenvalue weighted by atomic mass is 35.5. The second-order valence-electron chi connectivity index (χ2n) is 7.45. The topological polar surface area (TPSA) is 71.5 Å². The smallest absolute Gasteiger partial charge is 0.268 e. The van der Waals surface area contributed by atoms with Gasteiger partial charge in [-0.25, -0.2) is 4.98 Å². The first kappa shape index (κ1) is 22.6. The number of carbonyl (C=O) groups is 2. The molecular weight excluding hydrogens is 469 g/mol. The minimum absolute atomic E-state index is 0.272. The molecule has 2 aromatic carbocycles. The van der Waals surface area contributed by atoms with Crippen LogP contribution in [0.3, 0.4) is 0 Å². The first-order valence-electron chi connectivity index (χ1n) is 10.1. The summed E-state index contributed by atoms with van der Waals surface area (Å²) in [6, 6.07) is 9.56. The molecule has 0 fully saturated rings. The third kappa shape index (κ3) is 4.33. The first-order valence-corrected chi connectivity index (χ1v) is 11.7. The van der Waals surface area contributed by atoms with E-state index in [1.165, 1.54) is 4.90 Å². The largest absolute Gasteiger partial charge is 0.478 e. The second-order valence-corrected chi connectivity index (χ2v) is 9.35. The van der Waals surface area contributed by atoms with Gasteiger partial charge in [-0.3, -0.25) is 14.5 Å². The lowest BCUT2D eigenvalue weighted by molar-refractivity contribution is -0.129. The summed E-state index contributed by atoms with van der Waals surface area (Å²) in [7, 11) is 0. The summed E-state index contributed by atoms with van der Waals surface area (Å²) in [5, 5.41) is 6.48. The molecule has 2 heterocycles. The average molecular weight is 490 g/mol. The van der Waals surface area contributed by atoms with E-state index in [0.717, 1.165) is 16.3 Å².